The Morgan fingerprint density at radius 2 is 1.90 bits per heavy atom. The summed E-state index contributed by atoms with van der Waals surface area (Å²) in [6, 6.07) is 10.0. The minimum atomic E-state index is -3.75. The number of aryl methyl sites for hydroxylation is 1. The van der Waals surface area contributed by atoms with Gasteiger partial charge in [-0.25, -0.2) is 8.42 Å². The quantitative estimate of drug-likeness (QED) is 0.768. The van der Waals surface area contributed by atoms with Gasteiger partial charge in [0.2, 0.25) is 0 Å². The van der Waals surface area contributed by atoms with Gasteiger partial charge in [-0.15, -0.1) is 0 Å². The summed E-state index contributed by atoms with van der Waals surface area (Å²) in [6.07, 6.45) is 0. The van der Waals surface area contributed by atoms with Crippen molar-refractivity contribution < 1.29 is 13.5 Å². The molecule has 2 N–H and O–H groups in total. The van der Waals surface area contributed by atoms with Crippen molar-refractivity contribution in [3.8, 4) is 0 Å². The maximum atomic E-state index is 12.5. The van der Waals surface area contributed by atoms with Crippen LogP contribution in [-0.4, -0.2) is 13.5 Å². The van der Waals surface area contributed by atoms with Crippen molar-refractivity contribution in [1.29, 1.82) is 0 Å². The molecule has 0 bridgehead atoms. The van der Waals surface area contributed by atoms with E-state index in [2.05, 4.69) is 36.6 Å². The van der Waals surface area contributed by atoms with Crippen LogP contribution in [0, 0.1) is 6.92 Å². The van der Waals surface area contributed by atoms with Gasteiger partial charge in [-0.05, 0) is 68.1 Å². The summed E-state index contributed by atoms with van der Waals surface area (Å²) in [5, 5.41) is 9.15. The lowest BCUT2D eigenvalue weighted by molar-refractivity contribution is 0.281. The lowest BCUT2D eigenvalue weighted by atomic mass is 10.2. The van der Waals surface area contributed by atoms with Gasteiger partial charge in [0, 0.05) is 8.95 Å². The van der Waals surface area contributed by atoms with Crippen molar-refractivity contribution in [3.63, 3.8) is 0 Å². The van der Waals surface area contributed by atoms with Crippen LogP contribution in [0.1, 0.15) is 11.1 Å². The second-order valence-electron chi connectivity index (χ2n) is 4.46. The summed E-state index contributed by atoms with van der Waals surface area (Å²) < 4.78 is 28.7. The first-order valence-corrected chi connectivity index (χ1v) is 9.09. The number of hydrogen-bond acceptors (Lipinski definition) is 3. The molecule has 0 fully saturated rings. The summed E-state index contributed by atoms with van der Waals surface area (Å²) in [4.78, 5) is 0.0856. The molecule has 4 nitrogen and oxygen atoms in total. The lowest BCUT2D eigenvalue weighted by Gasteiger charge is -2.13. The monoisotopic (exact) mass is 433 g/mol. The number of halogens is 2. The van der Waals surface area contributed by atoms with E-state index in [9.17, 15) is 8.42 Å². The minimum absolute atomic E-state index is 0.0856. The van der Waals surface area contributed by atoms with Crippen LogP contribution in [0.4, 0.5) is 5.69 Å². The molecule has 0 saturated carbocycles. The number of sulfonamides is 1. The van der Waals surface area contributed by atoms with Crippen LogP contribution in [0.25, 0.3) is 0 Å². The standard InChI is InChI=1S/C14H13Br2NO3S/c1-9-3-2-4-12(14(9)16)17-21(19,20)13-7-10(8-18)5-6-11(13)15/h2-7,17-18H,8H2,1H3. The van der Waals surface area contributed by atoms with E-state index in [0.717, 1.165) is 5.56 Å². The SMILES string of the molecule is Cc1cccc(NS(=O)(=O)c2cc(CO)ccc2Br)c1Br. The molecule has 0 atom stereocenters. The first kappa shape index (κ1) is 16.5. The molecule has 7 heteroatoms. The van der Waals surface area contributed by atoms with Crippen molar-refractivity contribution in [1.82, 2.24) is 0 Å². The highest BCUT2D eigenvalue weighted by atomic mass is 79.9. The Morgan fingerprint density at radius 3 is 2.57 bits per heavy atom. The third-order valence-corrected chi connectivity index (χ3v) is 6.32. The van der Waals surface area contributed by atoms with Gasteiger partial charge in [0.1, 0.15) is 4.90 Å². The fourth-order valence-corrected chi connectivity index (χ4v) is 4.36. The molecule has 2 aromatic carbocycles. The molecule has 0 aromatic heterocycles. The second kappa shape index (κ2) is 6.48. The Morgan fingerprint density at radius 1 is 1.19 bits per heavy atom. The molecule has 0 radical (unpaired) electrons. The van der Waals surface area contributed by atoms with E-state index in [4.69, 9.17) is 5.11 Å². The number of aliphatic hydroxyl groups is 1. The zero-order valence-electron chi connectivity index (χ0n) is 11.1. The first-order valence-electron chi connectivity index (χ1n) is 6.02. The van der Waals surface area contributed by atoms with Crippen LogP contribution < -0.4 is 4.72 Å². The molecule has 0 aliphatic carbocycles. The molecular weight excluding hydrogens is 422 g/mol. The zero-order chi connectivity index (χ0) is 15.6. The second-order valence-corrected chi connectivity index (χ2v) is 7.76. The van der Waals surface area contributed by atoms with Crippen molar-refractivity contribution in [2.45, 2.75) is 18.4 Å². The van der Waals surface area contributed by atoms with Crippen molar-refractivity contribution in [2.24, 2.45) is 0 Å². The fraction of sp³-hybridized carbons (Fsp3) is 0.143. The molecule has 21 heavy (non-hydrogen) atoms. The van der Waals surface area contributed by atoms with Crippen LogP contribution in [0.3, 0.4) is 0 Å². The van der Waals surface area contributed by atoms with E-state index < -0.39 is 10.0 Å². The summed E-state index contributed by atoms with van der Waals surface area (Å²) in [6.45, 7) is 1.66. The minimum Gasteiger partial charge on any atom is -0.392 e. The average molecular weight is 435 g/mol. The summed E-state index contributed by atoms with van der Waals surface area (Å²) in [5.41, 5.74) is 1.93. The molecule has 0 spiro atoms. The van der Waals surface area contributed by atoms with Crippen LogP contribution in [0.5, 0.6) is 0 Å². The number of benzene rings is 2. The van der Waals surface area contributed by atoms with Crippen molar-refractivity contribution in [2.75, 3.05) is 4.72 Å². The van der Waals surface area contributed by atoms with Gasteiger partial charge >= 0.3 is 0 Å². The topological polar surface area (TPSA) is 66.4 Å². The molecule has 0 amide bonds. The van der Waals surface area contributed by atoms with Gasteiger partial charge in [-0.3, -0.25) is 4.72 Å². The van der Waals surface area contributed by atoms with E-state index in [1.807, 2.05) is 13.0 Å². The predicted molar refractivity (Wildman–Crippen MR) is 89.8 cm³/mol. The number of anilines is 1. The lowest BCUT2D eigenvalue weighted by Crippen LogP contribution is -2.14. The number of aliphatic hydroxyl groups excluding tert-OH is 1. The van der Waals surface area contributed by atoms with Crippen LogP contribution >= 0.6 is 31.9 Å². The third kappa shape index (κ3) is 3.66. The maximum Gasteiger partial charge on any atom is 0.263 e. The van der Waals surface area contributed by atoms with Gasteiger partial charge < -0.3 is 5.11 Å². The van der Waals surface area contributed by atoms with E-state index in [-0.39, 0.29) is 11.5 Å². The summed E-state index contributed by atoms with van der Waals surface area (Å²) in [7, 11) is -3.75. The van der Waals surface area contributed by atoms with E-state index >= 15 is 0 Å². The largest absolute Gasteiger partial charge is 0.392 e. The van der Waals surface area contributed by atoms with Crippen LogP contribution in [-0.2, 0) is 16.6 Å². The fourth-order valence-electron chi connectivity index (χ4n) is 1.78. The van der Waals surface area contributed by atoms with Gasteiger partial charge in [-0.1, -0.05) is 18.2 Å². The Kier molecular flexibility index (Phi) is 5.08. The van der Waals surface area contributed by atoms with Crippen LogP contribution in [0.15, 0.2) is 50.2 Å². The number of rotatable bonds is 4. The molecule has 112 valence electrons. The molecule has 0 heterocycles. The number of hydrogen-bond donors (Lipinski definition) is 2. The smallest absolute Gasteiger partial charge is 0.263 e. The summed E-state index contributed by atoms with van der Waals surface area (Å²) >= 11 is 6.60. The van der Waals surface area contributed by atoms with E-state index in [1.54, 1.807) is 24.3 Å². The van der Waals surface area contributed by atoms with Crippen molar-refractivity contribution in [3.05, 3.63) is 56.5 Å². The molecule has 2 aromatic rings. The maximum absolute atomic E-state index is 12.5. The molecule has 0 saturated heterocycles. The highest BCUT2D eigenvalue weighted by Crippen LogP contribution is 2.30. The molecule has 2 rings (SSSR count). The highest BCUT2D eigenvalue weighted by molar-refractivity contribution is 9.11. The highest BCUT2D eigenvalue weighted by Gasteiger charge is 2.19. The van der Waals surface area contributed by atoms with E-state index in [0.29, 0.717) is 20.2 Å². The van der Waals surface area contributed by atoms with Gasteiger partial charge in [0.25, 0.3) is 10.0 Å². The normalized spacial score (nSPS) is 11.4. The number of nitrogens with one attached hydrogen (secondary N) is 1. The molecule has 0 aliphatic rings. The Balaban J connectivity index is 2.46. The first-order chi connectivity index (χ1) is 9.85. The Bertz CT molecular complexity index is 776. The molecular formula is C14H13Br2NO3S. The molecule has 0 unspecified atom stereocenters. The zero-order valence-corrected chi connectivity index (χ0v) is 15.1. The molecule has 0 aliphatic heterocycles. The van der Waals surface area contributed by atoms with E-state index in [1.165, 1.54) is 6.07 Å². The Hall–Kier alpha value is -0.890. The third-order valence-electron chi connectivity index (χ3n) is 2.90. The van der Waals surface area contributed by atoms with Crippen LogP contribution in [0.2, 0.25) is 0 Å². The van der Waals surface area contributed by atoms with Gasteiger partial charge in [0.05, 0.1) is 12.3 Å². The predicted octanol–water partition coefficient (Wildman–Crippen LogP) is 3.81. The van der Waals surface area contributed by atoms with Gasteiger partial charge in [-0.2, -0.15) is 0 Å². The van der Waals surface area contributed by atoms with Gasteiger partial charge in [0.15, 0.2) is 0 Å². The summed E-state index contributed by atoms with van der Waals surface area (Å²) in [5.74, 6) is 0. The van der Waals surface area contributed by atoms with Crippen molar-refractivity contribution >= 4 is 47.6 Å². The average Bonchev–Trinajstić information content (AvgIpc) is 2.44. The Labute approximate surface area is 140 Å².